The molecular weight excluding hydrogens is 240 g/mol. The number of rotatable bonds is 7. The van der Waals surface area contributed by atoms with Crippen LogP contribution in [0.1, 0.15) is 65.7 Å². The average molecular weight is 270 g/mol. The molecule has 1 aliphatic rings. The van der Waals surface area contributed by atoms with Crippen LogP contribution in [0.2, 0.25) is 0 Å². The van der Waals surface area contributed by atoms with Gasteiger partial charge in [-0.2, -0.15) is 11.8 Å². The third-order valence-electron chi connectivity index (χ3n) is 4.64. The maximum Gasteiger partial charge on any atom is 0.139 e. The Morgan fingerprint density at radius 3 is 2.33 bits per heavy atom. The van der Waals surface area contributed by atoms with Crippen molar-refractivity contribution >= 4 is 17.5 Å². The van der Waals surface area contributed by atoms with Crippen LogP contribution in [0, 0.1) is 17.8 Å². The molecular formula is C16H30OS. The zero-order valence-corrected chi connectivity index (χ0v) is 13.4. The molecule has 2 unspecified atom stereocenters. The topological polar surface area (TPSA) is 17.1 Å². The Labute approximate surface area is 117 Å². The number of Topliss-reactive ketones (excluding diaryl/α,β-unsaturated/α-hetero) is 1. The molecule has 1 aliphatic carbocycles. The van der Waals surface area contributed by atoms with Crippen LogP contribution in [0.5, 0.6) is 0 Å². The van der Waals surface area contributed by atoms with Gasteiger partial charge in [-0.15, -0.1) is 0 Å². The zero-order chi connectivity index (χ0) is 13.5. The van der Waals surface area contributed by atoms with E-state index >= 15 is 0 Å². The number of ketones is 1. The van der Waals surface area contributed by atoms with E-state index in [4.69, 9.17) is 0 Å². The molecule has 2 atom stereocenters. The number of carbonyl (C=O) groups is 1. The Hall–Kier alpha value is 0.0200. The van der Waals surface area contributed by atoms with Crippen molar-refractivity contribution in [3.8, 4) is 0 Å². The van der Waals surface area contributed by atoms with E-state index in [1.165, 1.54) is 19.3 Å². The first-order valence-electron chi connectivity index (χ1n) is 7.64. The highest BCUT2D eigenvalue weighted by Gasteiger charge is 2.28. The van der Waals surface area contributed by atoms with E-state index < -0.39 is 0 Å². The molecule has 0 aromatic rings. The van der Waals surface area contributed by atoms with Crippen LogP contribution in [0.3, 0.4) is 0 Å². The first kappa shape index (κ1) is 16.1. The van der Waals surface area contributed by atoms with Gasteiger partial charge in [0.2, 0.25) is 0 Å². The maximum absolute atomic E-state index is 12.5. The zero-order valence-electron chi connectivity index (χ0n) is 12.6. The number of hydrogen-bond donors (Lipinski definition) is 0. The monoisotopic (exact) mass is 270 g/mol. The van der Waals surface area contributed by atoms with Gasteiger partial charge in [0.25, 0.3) is 0 Å². The molecule has 0 aromatic carbocycles. The summed E-state index contributed by atoms with van der Waals surface area (Å²) in [6.07, 6.45) is 10.3. The van der Waals surface area contributed by atoms with Crippen molar-refractivity contribution in [1.82, 2.24) is 0 Å². The van der Waals surface area contributed by atoms with E-state index in [0.717, 1.165) is 31.6 Å². The van der Waals surface area contributed by atoms with Crippen molar-refractivity contribution in [2.75, 3.05) is 6.26 Å². The molecule has 1 saturated carbocycles. The molecule has 1 fully saturated rings. The summed E-state index contributed by atoms with van der Waals surface area (Å²) < 4.78 is 0. The highest BCUT2D eigenvalue weighted by Crippen LogP contribution is 2.32. The number of hydrogen-bond acceptors (Lipinski definition) is 2. The molecule has 2 heteroatoms. The van der Waals surface area contributed by atoms with Gasteiger partial charge in [-0.1, -0.05) is 33.6 Å². The highest BCUT2D eigenvalue weighted by molar-refractivity contribution is 7.99. The van der Waals surface area contributed by atoms with Crippen LogP contribution in [-0.2, 0) is 4.79 Å². The minimum absolute atomic E-state index is 0.331. The van der Waals surface area contributed by atoms with Gasteiger partial charge in [-0.05, 0) is 44.3 Å². The van der Waals surface area contributed by atoms with E-state index in [1.807, 2.05) is 11.8 Å². The van der Waals surface area contributed by atoms with E-state index in [-0.39, 0.29) is 0 Å². The molecule has 0 aromatic heterocycles. The summed E-state index contributed by atoms with van der Waals surface area (Å²) in [5.74, 6) is 2.14. The third-order valence-corrected chi connectivity index (χ3v) is 5.68. The fraction of sp³-hybridized carbons (Fsp3) is 0.938. The third kappa shape index (κ3) is 4.95. The van der Waals surface area contributed by atoms with E-state index in [2.05, 4.69) is 27.0 Å². The van der Waals surface area contributed by atoms with Crippen LogP contribution in [0.4, 0.5) is 0 Å². The Kier molecular flexibility index (Phi) is 7.36. The van der Waals surface area contributed by atoms with Gasteiger partial charge in [0, 0.05) is 17.1 Å². The lowest BCUT2D eigenvalue weighted by atomic mass is 9.76. The number of carbonyl (C=O) groups excluding carboxylic acids is 1. The largest absolute Gasteiger partial charge is 0.299 e. The fourth-order valence-corrected chi connectivity index (χ4v) is 3.35. The van der Waals surface area contributed by atoms with Gasteiger partial charge >= 0.3 is 0 Å². The smallest absolute Gasteiger partial charge is 0.139 e. The lowest BCUT2D eigenvalue weighted by molar-refractivity contribution is -0.128. The van der Waals surface area contributed by atoms with Crippen molar-refractivity contribution < 1.29 is 4.79 Å². The fourth-order valence-electron chi connectivity index (χ4n) is 2.98. The summed E-state index contributed by atoms with van der Waals surface area (Å²) in [4.78, 5) is 12.5. The molecule has 0 spiro atoms. The minimum Gasteiger partial charge on any atom is -0.299 e. The molecule has 18 heavy (non-hydrogen) atoms. The molecule has 0 amide bonds. The minimum atomic E-state index is 0.331. The lowest BCUT2D eigenvalue weighted by Gasteiger charge is -2.28. The van der Waals surface area contributed by atoms with Crippen molar-refractivity contribution in [2.45, 2.75) is 71.0 Å². The molecule has 0 N–H and O–H groups in total. The second-order valence-electron chi connectivity index (χ2n) is 6.09. The van der Waals surface area contributed by atoms with Crippen molar-refractivity contribution in [2.24, 2.45) is 17.8 Å². The van der Waals surface area contributed by atoms with Gasteiger partial charge < -0.3 is 0 Å². The molecule has 0 heterocycles. The normalized spacial score (nSPS) is 27.8. The Balaban J connectivity index is 2.41. The standard InChI is InChI=1S/C16H30OS/c1-5-14(11-8-13(3)18-4)16(17)15-9-6-12(2)7-10-15/h12-15H,5-11H2,1-4H3. The van der Waals surface area contributed by atoms with E-state index in [9.17, 15) is 4.79 Å². The van der Waals surface area contributed by atoms with Crippen molar-refractivity contribution in [1.29, 1.82) is 0 Å². The summed E-state index contributed by atoms with van der Waals surface area (Å²) in [7, 11) is 0. The van der Waals surface area contributed by atoms with Crippen molar-refractivity contribution in [3.05, 3.63) is 0 Å². The van der Waals surface area contributed by atoms with Gasteiger partial charge in [0.05, 0.1) is 0 Å². The average Bonchev–Trinajstić information content (AvgIpc) is 2.39. The predicted octanol–water partition coefficient (Wildman–Crippen LogP) is 4.94. The SMILES string of the molecule is CCC(CCC(C)SC)C(=O)C1CCC(C)CC1. The summed E-state index contributed by atoms with van der Waals surface area (Å²) in [5, 5.41) is 0.693. The van der Waals surface area contributed by atoms with Crippen LogP contribution >= 0.6 is 11.8 Å². The lowest BCUT2D eigenvalue weighted by Crippen LogP contribution is -2.27. The quantitative estimate of drug-likeness (QED) is 0.652. The number of thioether (sulfide) groups is 1. The first-order chi connectivity index (χ1) is 8.58. The van der Waals surface area contributed by atoms with Crippen LogP contribution in [-0.4, -0.2) is 17.3 Å². The Morgan fingerprint density at radius 2 is 1.83 bits per heavy atom. The maximum atomic E-state index is 12.5. The molecule has 0 radical (unpaired) electrons. The summed E-state index contributed by atoms with van der Waals surface area (Å²) >= 11 is 1.91. The van der Waals surface area contributed by atoms with Gasteiger partial charge in [0.15, 0.2) is 0 Å². The molecule has 0 bridgehead atoms. The summed E-state index contributed by atoms with van der Waals surface area (Å²) in [6, 6.07) is 0. The molecule has 0 aliphatic heterocycles. The van der Waals surface area contributed by atoms with Crippen molar-refractivity contribution in [3.63, 3.8) is 0 Å². The summed E-state index contributed by atoms with van der Waals surface area (Å²) in [6.45, 7) is 6.76. The highest BCUT2D eigenvalue weighted by atomic mass is 32.2. The van der Waals surface area contributed by atoms with Gasteiger partial charge in [-0.25, -0.2) is 0 Å². The molecule has 1 nitrogen and oxygen atoms in total. The molecule has 106 valence electrons. The van der Waals surface area contributed by atoms with Gasteiger partial charge in [-0.3, -0.25) is 4.79 Å². The first-order valence-corrected chi connectivity index (χ1v) is 8.93. The predicted molar refractivity (Wildman–Crippen MR) is 82.1 cm³/mol. The van der Waals surface area contributed by atoms with Gasteiger partial charge in [0.1, 0.15) is 5.78 Å². The Bertz CT molecular complexity index is 243. The van der Waals surface area contributed by atoms with E-state index in [1.54, 1.807) is 0 Å². The molecule has 0 saturated heterocycles. The second-order valence-corrected chi connectivity index (χ2v) is 7.36. The van der Waals surface area contributed by atoms with Crippen LogP contribution < -0.4 is 0 Å². The van der Waals surface area contributed by atoms with E-state index in [0.29, 0.717) is 22.9 Å². The Morgan fingerprint density at radius 1 is 1.22 bits per heavy atom. The molecule has 1 rings (SSSR count). The summed E-state index contributed by atoms with van der Waals surface area (Å²) in [5.41, 5.74) is 0. The van der Waals surface area contributed by atoms with Crippen LogP contribution in [0.15, 0.2) is 0 Å². The van der Waals surface area contributed by atoms with Crippen LogP contribution in [0.25, 0.3) is 0 Å². The second kappa shape index (κ2) is 8.24.